The van der Waals surface area contributed by atoms with Crippen molar-refractivity contribution in [3.63, 3.8) is 0 Å². The fraction of sp³-hybridized carbons (Fsp3) is 0.182. The Kier molecular flexibility index (Phi) is 6.92. The third-order valence-corrected chi connectivity index (χ3v) is 4.34. The second-order valence-electron chi connectivity index (χ2n) is 6.89. The second-order valence-corrected chi connectivity index (χ2v) is 6.89. The number of anilines is 1. The molecule has 11 heteroatoms. The summed E-state index contributed by atoms with van der Waals surface area (Å²) in [7, 11) is 1.77. The zero-order valence-corrected chi connectivity index (χ0v) is 17.0. The second kappa shape index (κ2) is 9.49. The lowest BCUT2D eigenvalue weighted by Gasteiger charge is -2.14. The molecule has 5 nitrogen and oxygen atoms in total. The maximum Gasteiger partial charge on any atom is 0.416 e. The van der Waals surface area contributed by atoms with Crippen LogP contribution < -0.4 is 15.4 Å². The van der Waals surface area contributed by atoms with Gasteiger partial charge < -0.3 is 15.4 Å². The molecule has 2 aromatic carbocycles. The molecule has 0 atom stereocenters. The number of hydrogen-bond donors (Lipinski definition) is 2. The molecule has 0 aliphatic rings. The van der Waals surface area contributed by atoms with E-state index in [9.17, 15) is 31.1 Å². The minimum Gasteiger partial charge on any atom is -0.457 e. The third-order valence-electron chi connectivity index (χ3n) is 4.34. The Labute approximate surface area is 184 Å². The molecule has 0 aliphatic carbocycles. The molecule has 0 spiro atoms. The van der Waals surface area contributed by atoms with Crippen molar-refractivity contribution in [3.05, 3.63) is 83.2 Å². The molecule has 0 saturated heterocycles. The predicted octanol–water partition coefficient (Wildman–Crippen LogP) is 5.88. The molecule has 2 N–H and O–H groups in total. The van der Waals surface area contributed by atoms with Gasteiger partial charge in [-0.25, -0.2) is 0 Å². The first-order valence-electron chi connectivity index (χ1n) is 9.44. The minimum atomic E-state index is -5.05. The number of nitrogens with zero attached hydrogens (tertiary/aromatic N) is 1. The van der Waals surface area contributed by atoms with Crippen molar-refractivity contribution >= 4 is 11.6 Å². The van der Waals surface area contributed by atoms with Gasteiger partial charge in [0.05, 0.1) is 16.8 Å². The number of hydrogen-bond acceptors (Lipinski definition) is 4. The molecule has 0 radical (unpaired) electrons. The molecule has 0 bridgehead atoms. The van der Waals surface area contributed by atoms with E-state index in [-0.39, 0.29) is 11.8 Å². The van der Waals surface area contributed by atoms with E-state index in [1.54, 1.807) is 25.4 Å². The van der Waals surface area contributed by atoms with Gasteiger partial charge in [0.2, 0.25) is 0 Å². The van der Waals surface area contributed by atoms with E-state index in [0.717, 1.165) is 5.69 Å². The van der Waals surface area contributed by atoms with Crippen molar-refractivity contribution in [2.75, 3.05) is 12.4 Å². The van der Waals surface area contributed by atoms with E-state index >= 15 is 0 Å². The fourth-order valence-electron chi connectivity index (χ4n) is 2.83. The topological polar surface area (TPSA) is 63.2 Å². The normalized spacial score (nSPS) is 11.8. The molecule has 3 aromatic rings. The average molecular weight is 469 g/mol. The highest BCUT2D eigenvalue weighted by atomic mass is 19.4. The predicted molar refractivity (Wildman–Crippen MR) is 108 cm³/mol. The summed E-state index contributed by atoms with van der Waals surface area (Å²) in [5.74, 6) is -0.213. The fourth-order valence-corrected chi connectivity index (χ4v) is 2.83. The van der Waals surface area contributed by atoms with Crippen LogP contribution in [0.15, 0.2) is 60.8 Å². The van der Waals surface area contributed by atoms with Crippen molar-refractivity contribution in [1.82, 2.24) is 10.3 Å². The zero-order valence-electron chi connectivity index (χ0n) is 17.0. The Bertz CT molecular complexity index is 1100. The SMILES string of the molecule is CNCc1cc(Oc2ccc(NC(=O)c3cc(C(F)(F)F)cc(C(F)(F)F)c3)cc2)ccn1. The maximum atomic E-state index is 13.0. The number of aromatic nitrogens is 1. The molecule has 0 fully saturated rings. The number of alkyl halides is 6. The Balaban J connectivity index is 1.76. The monoisotopic (exact) mass is 469 g/mol. The van der Waals surface area contributed by atoms with Crippen LogP contribution >= 0.6 is 0 Å². The van der Waals surface area contributed by atoms with Crippen LogP contribution in [0.2, 0.25) is 0 Å². The number of pyridine rings is 1. The Hall–Kier alpha value is -3.60. The van der Waals surface area contributed by atoms with Crippen molar-refractivity contribution in [3.8, 4) is 11.5 Å². The smallest absolute Gasteiger partial charge is 0.416 e. The molecular weight excluding hydrogens is 452 g/mol. The van der Waals surface area contributed by atoms with Gasteiger partial charge in [-0.2, -0.15) is 26.3 Å². The van der Waals surface area contributed by atoms with Crippen molar-refractivity contribution in [2.45, 2.75) is 18.9 Å². The summed E-state index contributed by atoms with van der Waals surface area (Å²) in [6, 6.07) is 9.84. The lowest BCUT2D eigenvalue weighted by molar-refractivity contribution is -0.143. The van der Waals surface area contributed by atoms with Crippen LogP contribution in [0.4, 0.5) is 32.0 Å². The van der Waals surface area contributed by atoms with Gasteiger partial charge in [-0.1, -0.05) is 0 Å². The van der Waals surface area contributed by atoms with Crippen LogP contribution in [0.3, 0.4) is 0 Å². The van der Waals surface area contributed by atoms with E-state index in [4.69, 9.17) is 4.74 Å². The lowest BCUT2D eigenvalue weighted by Crippen LogP contribution is -2.17. The van der Waals surface area contributed by atoms with Gasteiger partial charge >= 0.3 is 12.4 Å². The summed E-state index contributed by atoms with van der Waals surface area (Å²) in [6.45, 7) is 0.535. The van der Waals surface area contributed by atoms with E-state index < -0.39 is 35.0 Å². The van der Waals surface area contributed by atoms with Crippen LogP contribution in [0.1, 0.15) is 27.2 Å². The number of nitrogens with one attached hydrogen (secondary N) is 2. The quantitative estimate of drug-likeness (QED) is 0.443. The van der Waals surface area contributed by atoms with Crippen LogP contribution in [0.25, 0.3) is 0 Å². The van der Waals surface area contributed by atoms with Gasteiger partial charge in [0.25, 0.3) is 5.91 Å². The maximum absolute atomic E-state index is 13.0. The van der Waals surface area contributed by atoms with Gasteiger partial charge in [-0.05, 0) is 55.6 Å². The Morgan fingerprint density at radius 1 is 0.879 bits per heavy atom. The van der Waals surface area contributed by atoms with Gasteiger partial charge in [0, 0.05) is 30.1 Å². The summed E-state index contributed by atoms with van der Waals surface area (Å²) in [6.07, 6.45) is -8.52. The zero-order chi connectivity index (χ0) is 24.2. The first-order chi connectivity index (χ1) is 15.5. The number of benzene rings is 2. The number of amides is 1. The van der Waals surface area contributed by atoms with E-state index in [1.807, 2.05) is 0 Å². The molecule has 174 valence electrons. The highest BCUT2D eigenvalue weighted by Gasteiger charge is 2.37. The van der Waals surface area contributed by atoms with Crippen LogP contribution in [-0.4, -0.2) is 17.9 Å². The van der Waals surface area contributed by atoms with Crippen LogP contribution in [-0.2, 0) is 18.9 Å². The molecule has 0 unspecified atom stereocenters. The molecule has 3 rings (SSSR count). The molecule has 1 aromatic heterocycles. The molecule has 1 heterocycles. The first-order valence-corrected chi connectivity index (χ1v) is 9.44. The van der Waals surface area contributed by atoms with Gasteiger partial charge in [0.15, 0.2) is 0 Å². The number of halogens is 6. The van der Waals surface area contributed by atoms with Crippen molar-refractivity contribution < 1.29 is 35.9 Å². The highest BCUT2D eigenvalue weighted by molar-refractivity contribution is 6.04. The van der Waals surface area contributed by atoms with E-state index in [2.05, 4.69) is 15.6 Å². The van der Waals surface area contributed by atoms with E-state index in [1.165, 1.54) is 24.3 Å². The summed E-state index contributed by atoms with van der Waals surface area (Å²) in [5, 5.41) is 5.24. The first kappa shape index (κ1) is 24.1. The number of ether oxygens (including phenoxy) is 1. The van der Waals surface area contributed by atoms with Gasteiger partial charge in [-0.3, -0.25) is 9.78 Å². The lowest BCUT2D eigenvalue weighted by atomic mass is 10.0. The highest BCUT2D eigenvalue weighted by Crippen LogP contribution is 2.36. The minimum absolute atomic E-state index is 0.0377. The van der Waals surface area contributed by atoms with Crippen molar-refractivity contribution in [2.24, 2.45) is 0 Å². The molecule has 1 amide bonds. The van der Waals surface area contributed by atoms with Crippen LogP contribution in [0.5, 0.6) is 11.5 Å². The molecule has 0 aliphatic heterocycles. The summed E-state index contributed by atoms with van der Waals surface area (Å²) >= 11 is 0. The number of carbonyl (C=O) groups excluding carboxylic acids is 1. The summed E-state index contributed by atoms with van der Waals surface area (Å²) in [5.41, 5.74) is -3.00. The summed E-state index contributed by atoms with van der Waals surface area (Å²) < 4.78 is 83.7. The summed E-state index contributed by atoms with van der Waals surface area (Å²) in [4.78, 5) is 16.5. The van der Waals surface area contributed by atoms with Crippen LogP contribution in [0, 0.1) is 0 Å². The average Bonchev–Trinajstić information content (AvgIpc) is 2.74. The standard InChI is InChI=1S/C22H17F6N3O2/c1-29-12-17-11-19(6-7-30-17)33-18-4-2-16(3-5-18)31-20(32)13-8-14(21(23,24)25)10-15(9-13)22(26,27)28/h2-11,29H,12H2,1H3,(H,31,32). The van der Waals surface area contributed by atoms with Gasteiger partial charge in [0.1, 0.15) is 11.5 Å². The molecular formula is C22H17F6N3O2. The Morgan fingerprint density at radius 2 is 1.48 bits per heavy atom. The third kappa shape index (κ3) is 6.45. The largest absolute Gasteiger partial charge is 0.457 e. The van der Waals surface area contributed by atoms with Crippen molar-refractivity contribution in [1.29, 1.82) is 0 Å². The molecule has 33 heavy (non-hydrogen) atoms. The number of carbonyl (C=O) groups is 1. The molecule has 0 saturated carbocycles. The van der Waals surface area contributed by atoms with Gasteiger partial charge in [-0.15, -0.1) is 0 Å². The van der Waals surface area contributed by atoms with E-state index in [0.29, 0.717) is 30.2 Å². The Morgan fingerprint density at radius 3 is 2.03 bits per heavy atom. The number of rotatable bonds is 6.